The van der Waals surface area contributed by atoms with Crippen molar-refractivity contribution in [3.8, 4) is 11.5 Å². The summed E-state index contributed by atoms with van der Waals surface area (Å²) in [6.45, 7) is 1.37. The van der Waals surface area contributed by atoms with Crippen LogP contribution in [0, 0.1) is 5.92 Å². The largest absolute Gasteiger partial charge is 0.492 e. The molecule has 0 radical (unpaired) electrons. The van der Waals surface area contributed by atoms with Crippen molar-refractivity contribution in [1.29, 1.82) is 0 Å². The number of fused-ring (bicyclic) bond motifs is 1. The lowest BCUT2D eigenvalue weighted by Gasteiger charge is -2.28. The molecule has 0 bridgehead atoms. The van der Waals surface area contributed by atoms with Gasteiger partial charge in [-0.15, -0.1) is 0 Å². The van der Waals surface area contributed by atoms with E-state index in [0.29, 0.717) is 37.0 Å². The molecule has 126 valence electrons. The molecule has 0 N–H and O–H groups in total. The normalized spacial score (nSPS) is 16.0. The fourth-order valence-corrected chi connectivity index (χ4v) is 2.95. The Balaban J connectivity index is 1.50. The minimum Gasteiger partial charge on any atom is -0.492 e. The lowest BCUT2D eigenvalue weighted by Crippen LogP contribution is -2.40. The van der Waals surface area contributed by atoms with Crippen molar-refractivity contribution in [1.82, 2.24) is 4.90 Å². The monoisotopic (exact) mass is 345 g/mol. The summed E-state index contributed by atoms with van der Waals surface area (Å²) in [7, 11) is 1.80. The van der Waals surface area contributed by atoms with E-state index in [-0.39, 0.29) is 11.8 Å². The number of para-hydroxylation sites is 1. The first-order valence-corrected chi connectivity index (χ1v) is 8.35. The van der Waals surface area contributed by atoms with Gasteiger partial charge in [-0.05, 0) is 36.2 Å². The van der Waals surface area contributed by atoms with Gasteiger partial charge in [0.2, 0.25) is 5.91 Å². The lowest BCUT2D eigenvalue weighted by atomic mass is 9.95. The Morgan fingerprint density at radius 3 is 2.96 bits per heavy atom. The molecule has 1 heterocycles. The van der Waals surface area contributed by atoms with Gasteiger partial charge in [0.25, 0.3) is 0 Å². The second kappa shape index (κ2) is 7.58. The van der Waals surface area contributed by atoms with Crippen LogP contribution in [0.4, 0.5) is 0 Å². The van der Waals surface area contributed by atoms with E-state index in [2.05, 4.69) is 0 Å². The van der Waals surface area contributed by atoms with E-state index in [1.165, 1.54) is 0 Å². The Bertz CT molecular complexity index is 719. The highest BCUT2D eigenvalue weighted by atomic mass is 35.5. The van der Waals surface area contributed by atoms with Crippen LogP contribution in [0.1, 0.15) is 5.56 Å². The van der Waals surface area contributed by atoms with Gasteiger partial charge in [-0.25, -0.2) is 0 Å². The third-order valence-electron chi connectivity index (χ3n) is 4.10. The summed E-state index contributed by atoms with van der Waals surface area (Å²) in [5, 5.41) is 0.634. The molecule has 0 aromatic heterocycles. The number of hydrogen-bond donors (Lipinski definition) is 0. The second-order valence-corrected chi connectivity index (χ2v) is 6.32. The average Bonchev–Trinajstić information content (AvgIpc) is 2.60. The standard InChI is InChI=1S/C19H20ClNO3/c1-21(9-10-23-17-7-4-6-16(20)12-17)19(22)15-11-14-5-2-3-8-18(14)24-13-15/h2-8,12,15H,9-11,13H2,1H3. The number of hydrogen-bond acceptors (Lipinski definition) is 3. The predicted octanol–water partition coefficient (Wildman–Crippen LogP) is 3.43. The van der Waals surface area contributed by atoms with Gasteiger partial charge in [0.15, 0.2) is 0 Å². The number of halogens is 1. The molecule has 2 aromatic carbocycles. The molecule has 0 saturated carbocycles. The van der Waals surface area contributed by atoms with Crippen molar-refractivity contribution in [2.45, 2.75) is 6.42 Å². The molecule has 2 aromatic rings. The van der Waals surface area contributed by atoms with Crippen molar-refractivity contribution in [3.63, 3.8) is 0 Å². The highest BCUT2D eigenvalue weighted by Crippen LogP contribution is 2.27. The number of nitrogens with zero attached hydrogens (tertiary/aromatic N) is 1. The van der Waals surface area contributed by atoms with E-state index in [0.717, 1.165) is 11.3 Å². The van der Waals surface area contributed by atoms with Crippen molar-refractivity contribution >= 4 is 17.5 Å². The van der Waals surface area contributed by atoms with Crippen LogP contribution in [0.5, 0.6) is 11.5 Å². The molecule has 3 rings (SSSR count). The number of rotatable bonds is 5. The first kappa shape index (κ1) is 16.7. The average molecular weight is 346 g/mol. The van der Waals surface area contributed by atoms with E-state index < -0.39 is 0 Å². The third kappa shape index (κ3) is 4.01. The summed E-state index contributed by atoms with van der Waals surface area (Å²) < 4.78 is 11.3. The minimum absolute atomic E-state index is 0.0826. The van der Waals surface area contributed by atoms with E-state index in [1.807, 2.05) is 36.4 Å². The number of carbonyl (C=O) groups excluding carboxylic acids is 1. The molecule has 0 saturated heterocycles. The van der Waals surface area contributed by atoms with Gasteiger partial charge in [0.05, 0.1) is 12.5 Å². The zero-order chi connectivity index (χ0) is 16.9. The molecule has 1 atom stereocenters. The Morgan fingerprint density at radius 2 is 2.12 bits per heavy atom. The summed E-state index contributed by atoms with van der Waals surface area (Å²) in [6.07, 6.45) is 0.717. The van der Waals surface area contributed by atoms with Crippen LogP contribution in [0.3, 0.4) is 0 Å². The van der Waals surface area contributed by atoms with Crippen LogP contribution in [-0.2, 0) is 11.2 Å². The second-order valence-electron chi connectivity index (χ2n) is 5.89. The first-order chi connectivity index (χ1) is 11.6. The molecular formula is C19H20ClNO3. The summed E-state index contributed by atoms with van der Waals surface area (Å²) in [6, 6.07) is 15.1. The number of likely N-dealkylation sites (N-methyl/N-ethyl adjacent to an activating group) is 1. The lowest BCUT2D eigenvalue weighted by molar-refractivity contribution is -0.135. The highest BCUT2D eigenvalue weighted by molar-refractivity contribution is 6.30. The summed E-state index contributed by atoms with van der Waals surface area (Å²) in [4.78, 5) is 14.3. The van der Waals surface area contributed by atoms with E-state index in [1.54, 1.807) is 24.1 Å². The van der Waals surface area contributed by atoms with Crippen LogP contribution in [0.25, 0.3) is 0 Å². The topological polar surface area (TPSA) is 38.8 Å². The SMILES string of the molecule is CN(CCOc1cccc(Cl)c1)C(=O)C1COc2ccccc2C1. The smallest absolute Gasteiger partial charge is 0.229 e. The van der Waals surface area contributed by atoms with Gasteiger partial charge in [-0.1, -0.05) is 35.9 Å². The van der Waals surface area contributed by atoms with Gasteiger partial charge in [0, 0.05) is 12.1 Å². The Hall–Kier alpha value is -2.20. The minimum atomic E-state index is -0.143. The quantitative estimate of drug-likeness (QED) is 0.833. The van der Waals surface area contributed by atoms with Crippen LogP contribution in [0.2, 0.25) is 5.02 Å². The molecule has 4 nitrogen and oxygen atoms in total. The fraction of sp³-hybridized carbons (Fsp3) is 0.316. The van der Waals surface area contributed by atoms with Crippen LogP contribution in [0.15, 0.2) is 48.5 Å². The van der Waals surface area contributed by atoms with Crippen molar-refractivity contribution in [2.75, 3.05) is 26.8 Å². The fourth-order valence-electron chi connectivity index (χ4n) is 2.77. The molecule has 1 amide bonds. The maximum absolute atomic E-state index is 12.6. The van der Waals surface area contributed by atoms with Crippen molar-refractivity contribution in [2.24, 2.45) is 5.92 Å². The zero-order valence-electron chi connectivity index (χ0n) is 13.6. The van der Waals surface area contributed by atoms with Gasteiger partial charge in [0.1, 0.15) is 24.7 Å². The third-order valence-corrected chi connectivity index (χ3v) is 4.33. The molecule has 1 aliphatic heterocycles. The first-order valence-electron chi connectivity index (χ1n) is 7.97. The molecular weight excluding hydrogens is 326 g/mol. The van der Waals surface area contributed by atoms with Crippen LogP contribution in [-0.4, -0.2) is 37.6 Å². The number of benzene rings is 2. The van der Waals surface area contributed by atoms with Crippen molar-refractivity contribution < 1.29 is 14.3 Å². The molecule has 0 fully saturated rings. The molecule has 1 unspecified atom stereocenters. The molecule has 1 aliphatic rings. The van der Waals surface area contributed by atoms with Crippen LogP contribution < -0.4 is 9.47 Å². The van der Waals surface area contributed by atoms with Gasteiger partial charge >= 0.3 is 0 Å². The Morgan fingerprint density at radius 1 is 1.29 bits per heavy atom. The molecule has 5 heteroatoms. The van der Waals surface area contributed by atoms with E-state index in [4.69, 9.17) is 21.1 Å². The van der Waals surface area contributed by atoms with E-state index >= 15 is 0 Å². The van der Waals surface area contributed by atoms with Crippen molar-refractivity contribution in [3.05, 3.63) is 59.1 Å². The number of amides is 1. The van der Waals surface area contributed by atoms with Gasteiger partial charge < -0.3 is 14.4 Å². The number of carbonyl (C=O) groups is 1. The molecule has 0 aliphatic carbocycles. The summed E-state index contributed by atoms with van der Waals surface area (Å²) >= 11 is 5.92. The molecule has 24 heavy (non-hydrogen) atoms. The van der Waals surface area contributed by atoms with Crippen LogP contribution >= 0.6 is 11.6 Å². The summed E-state index contributed by atoms with van der Waals surface area (Å²) in [5.41, 5.74) is 1.09. The Labute approximate surface area is 146 Å². The molecule has 0 spiro atoms. The predicted molar refractivity (Wildman–Crippen MR) is 93.7 cm³/mol. The zero-order valence-corrected chi connectivity index (χ0v) is 14.3. The van der Waals surface area contributed by atoms with Gasteiger partial charge in [-0.2, -0.15) is 0 Å². The number of ether oxygens (including phenoxy) is 2. The maximum atomic E-state index is 12.6. The van der Waals surface area contributed by atoms with Gasteiger partial charge in [-0.3, -0.25) is 4.79 Å². The highest BCUT2D eigenvalue weighted by Gasteiger charge is 2.27. The van der Waals surface area contributed by atoms with E-state index in [9.17, 15) is 4.79 Å². The summed E-state index contributed by atoms with van der Waals surface area (Å²) in [5.74, 6) is 1.53. The Kier molecular flexibility index (Phi) is 5.26. The maximum Gasteiger partial charge on any atom is 0.229 e.